The van der Waals surface area contributed by atoms with E-state index >= 15 is 0 Å². The number of nitrogens with two attached hydrogens (primary N) is 1. The quantitative estimate of drug-likeness (QED) is 0.645. The molecule has 7 nitrogen and oxygen atoms in total. The van der Waals surface area contributed by atoms with Gasteiger partial charge in [-0.3, -0.25) is 19.2 Å². The third-order valence-corrected chi connectivity index (χ3v) is 4.67. The predicted octanol–water partition coefficient (Wildman–Crippen LogP) is 0.602. The number of halogens is 1. The number of rotatable bonds is 7. The van der Waals surface area contributed by atoms with E-state index in [0.717, 1.165) is 0 Å². The first-order chi connectivity index (χ1) is 12.8. The van der Waals surface area contributed by atoms with Gasteiger partial charge in [0, 0.05) is 26.2 Å². The maximum absolute atomic E-state index is 13.9. The van der Waals surface area contributed by atoms with Gasteiger partial charge in [-0.2, -0.15) is 0 Å². The van der Waals surface area contributed by atoms with Crippen molar-refractivity contribution in [3.05, 3.63) is 35.6 Å². The molecule has 1 aromatic carbocycles. The minimum atomic E-state index is -1.07. The normalized spacial score (nSPS) is 19.0. The van der Waals surface area contributed by atoms with Gasteiger partial charge in [0.15, 0.2) is 0 Å². The highest BCUT2D eigenvalue weighted by Crippen LogP contribution is 2.24. The molecule has 1 saturated carbocycles. The van der Waals surface area contributed by atoms with Gasteiger partial charge in [0.2, 0.25) is 17.7 Å². The number of ketones is 1. The molecule has 0 aromatic heterocycles. The average molecular weight is 377 g/mol. The first-order valence-corrected chi connectivity index (χ1v) is 8.89. The van der Waals surface area contributed by atoms with E-state index < -0.39 is 35.6 Å². The van der Waals surface area contributed by atoms with Crippen LogP contribution in [0.3, 0.4) is 0 Å². The maximum Gasteiger partial charge on any atom is 0.243 e. The predicted molar refractivity (Wildman–Crippen MR) is 95.8 cm³/mol. The van der Waals surface area contributed by atoms with E-state index in [-0.39, 0.29) is 30.1 Å². The summed E-state index contributed by atoms with van der Waals surface area (Å²) in [5.41, 5.74) is 5.69. The van der Waals surface area contributed by atoms with Crippen molar-refractivity contribution in [2.75, 3.05) is 0 Å². The van der Waals surface area contributed by atoms with Gasteiger partial charge in [0.1, 0.15) is 23.7 Å². The molecule has 0 saturated heterocycles. The minimum absolute atomic E-state index is 0.0246. The number of primary amides is 1. The van der Waals surface area contributed by atoms with E-state index in [4.69, 9.17) is 5.73 Å². The van der Waals surface area contributed by atoms with Crippen molar-refractivity contribution in [2.24, 2.45) is 11.7 Å². The molecule has 8 heteroatoms. The van der Waals surface area contributed by atoms with Crippen molar-refractivity contribution in [3.8, 4) is 0 Å². The SMILES string of the molecule is CC(=O)N[C@@H](Cc1ccccc1F)C(=O)N[C@@H](C(N)=O)[C@@H]1CCCC(=O)C1. The van der Waals surface area contributed by atoms with Crippen LogP contribution < -0.4 is 16.4 Å². The molecule has 3 atom stereocenters. The van der Waals surface area contributed by atoms with Crippen LogP contribution in [-0.2, 0) is 25.6 Å². The molecule has 0 radical (unpaired) electrons. The van der Waals surface area contributed by atoms with Crippen molar-refractivity contribution in [1.29, 1.82) is 0 Å². The Bertz CT molecular complexity index is 737. The number of Topliss-reactive ketones (excluding diaryl/α,β-unsaturated/α-hetero) is 1. The summed E-state index contributed by atoms with van der Waals surface area (Å²) < 4.78 is 13.9. The highest BCUT2D eigenvalue weighted by molar-refractivity contribution is 5.92. The van der Waals surface area contributed by atoms with Crippen LogP contribution in [0.2, 0.25) is 0 Å². The second-order valence-electron chi connectivity index (χ2n) is 6.83. The minimum Gasteiger partial charge on any atom is -0.368 e. The van der Waals surface area contributed by atoms with Crippen LogP contribution in [0, 0.1) is 11.7 Å². The Morgan fingerprint density at radius 1 is 1.26 bits per heavy atom. The molecule has 4 N–H and O–H groups in total. The fourth-order valence-corrected chi connectivity index (χ4v) is 3.36. The molecule has 2 rings (SSSR count). The maximum atomic E-state index is 13.9. The van der Waals surface area contributed by atoms with Gasteiger partial charge in [-0.1, -0.05) is 18.2 Å². The van der Waals surface area contributed by atoms with Crippen molar-refractivity contribution in [1.82, 2.24) is 10.6 Å². The lowest BCUT2D eigenvalue weighted by Crippen LogP contribution is -2.56. The van der Waals surface area contributed by atoms with Crippen LogP contribution in [0.5, 0.6) is 0 Å². The second kappa shape index (κ2) is 9.25. The first kappa shape index (κ1) is 20.5. The van der Waals surface area contributed by atoms with E-state index in [2.05, 4.69) is 10.6 Å². The van der Waals surface area contributed by atoms with Crippen LogP contribution in [0.4, 0.5) is 4.39 Å². The average Bonchev–Trinajstić information content (AvgIpc) is 2.60. The summed E-state index contributed by atoms with van der Waals surface area (Å²) in [5.74, 6) is -2.69. The number of nitrogens with one attached hydrogen (secondary N) is 2. The fourth-order valence-electron chi connectivity index (χ4n) is 3.36. The Hall–Kier alpha value is -2.77. The molecule has 0 bridgehead atoms. The van der Waals surface area contributed by atoms with Crippen LogP contribution in [0.15, 0.2) is 24.3 Å². The zero-order chi connectivity index (χ0) is 20.0. The van der Waals surface area contributed by atoms with Gasteiger partial charge in [0.25, 0.3) is 0 Å². The Kier molecular flexibility index (Phi) is 7.04. The molecule has 1 aromatic rings. The van der Waals surface area contributed by atoms with Crippen LogP contribution in [-0.4, -0.2) is 35.6 Å². The summed E-state index contributed by atoms with van der Waals surface area (Å²) in [6, 6.07) is 3.84. The van der Waals surface area contributed by atoms with Gasteiger partial charge in [-0.15, -0.1) is 0 Å². The van der Waals surface area contributed by atoms with Crippen LogP contribution in [0.25, 0.3) is 0 Å². The van der Waals surface area contributed by atoms with E-state index in [1.165, 1.54) is 25.1 Å². The summed E-state index contributed by atoms with van der Waals surface area (Å²) in [6.07, 6.45) is 1.78. The molecule has 27 heavy (non-hydrogen) atoms. The molecule has 3 amide bonds. The highest BCUT2D eigenvalue weighted by atomic mass is 19.1. The Morgan fingerprint density at radius 3 is 2.56 bits per heavy atom. The van der Waals surface area contributed by atoms with Crippen molar-refractivity contribution >= 4 is 23.5 Å². The summed E-state index contributed by atoms with van der Waals surface area (Å²) in [5, 5.41) is 5.02. The van der Waals surface area contributed by atoms with Crippen molar-refractivity contribution in [3.63, 3.8) is 0 Å². The number of carbonyl (C=O) groups excluding carboxylic acids is 4. The third kappa shape index (κ3) is 5.87. The second-order valence-corrected chi connectivity index (χ2v) is 6.83. The molecular weight excluding hydrogens is 353 g/mol. The molecule has 0 unspecified atom stereocenters. The standard InChI is InChI=1S/C19H24FN3O4/c1-11(24)22-16(10-12-5-2-3-8-15(12)20)19(27)23-17(18(21)26)13-6-4-7-14(25)9-13/h2-3,5,8,13,16-17H,4,6-7,9-10H2,1H3,(H2,21,26)(H,22,24)(H,23,27)/t13-,16+,17-/m1/s1. The van der Waals surface area contributed by atoms with Gasteiger partial charge in [-0.05, 0) is 30.4 Å². The lowest BCUT2D eigenvalue weighted by Gasteiger charge is -2.29. The van der Waals surface area contributed by atoms with E-state index in [0.29, 0.717) is 19.3 Å². The lowest BCUT2D eigenvalue weighted by molar-refractivity contribution is -0.132. The Labute approximate surface area is 156 Å². The zero-order valence-electron chi connectivity index (χ0n) is 15.2. The molecule has 1 fully saturated rings. The van der Waals surface area contributed by atoms with Crippen LogP contribution >= 0.6 is 0 Å². The number of hydrogen-bond acceptors (Lipinski definition) is 4. The molecule has 1 aliphatic carbocycles. The number of carbonyl (C=O) groups is 4. The zero-order valence-corrected chi connectivity index (χ0v) is 15.2. The summed E-state index contributed by atoms with van der Waals surface area (Å²) in [7, 11) is 0. The number of benzene rings is 1. The van der Waals surface area contributed by atoms with E-state index in [9.17, 15) is 23.6 Å². The number of amides is 3. The summed E-state index contributed by atoms with van der Waals surface area (Å²) >= 11 is 0. The van der Waals surface area contributed by atoms with E-state index in [1.807, 2.05) is 0 Å². The van der Waals surface area contributed by atoms with E-state index in [1.54, 1.807) is 6.07 Å². The molecular formula is C19H24FN3O4. The molecule has 0 aliphatic heterocycles. The topological polar surface area (TPSA) is 118 Å². The monoisotopic (exact) mass is 377 g/mol. The highest BCUT2D eigenvalue weighted by Gasteiger charge is 2.34. The molecule has 0 spiro atoms. The number of hydrogen-bond donors (Lipinski definition) is 3. The van der Waals surface area contributed by atoms with Gasteiger partial charge in [-0.25, -0.2) is 4.39 Å². The fraction of sp³-hybridized carbons (Fsp3) is 0.474. The van der Waals surface area contributed by atoms with Gasteiger partial charge < -0.3 is 16.4 Å². The largest absolute Gasteiger partial charge is 0.368 e. The first-order valence-electron chi connectivity index (χ1n) is 8.89. The molecule has 0 heterocycles. The summed E-state index contributed by atoms with van der Waals surface area (Å²) in [4.78, 5) is 47.7. The Balaban J connectivity index is 2.15. The Morgan fingerprint density at radius 2 is 1.96 bits per heavy atom. The van der Waals surface area contributed by atoms with Gasteiger partial charge in [0.05, 0.1) is 0 Å². The van der Waals surface area contributed by atoms with Crippen molar-refractivity contribution in [2.45, 2.75) is 51.1 Å². The smallest absolute Gasteiger partial charge is 0.243 e. The summed E-state index contributed by atoms with van der Waals surface area (Å²) in [6.45, 7) is 1.24. The molecule has 1 aliphatic rings. The lowest BCUT2D eigenvalue weighted by atomic mass is 9.82. The van der Waals surface area contributed by atoms with Crippen LogP contribution in [0.1, 0.15) is 38.2 Å². The third-order valence-electron chi connectivity index (χ3n) is 4.67. The van der Waals surface area contributed by atoms with Crippen molar-refractivity contribution < 1.29 is 23.6 Å². The molecule has 146 valence electrons. The van der Waals surface area contributed by atoms with Gasteiger partial charge >= 0.3 is 0 Å².